The molecule has 4 aromatic rings. The van der Waals surface area contributed by atoms with E-state index in [1.807, 2.05) is 81.1 Å². The zero-order chi connectivity index (χ0) is 27.8. The number of para-hydroxylation sites is 2. The molecular formula is C30H30ClN5O2S. The number of halogens is 1. The number of phenolic OH excluding ortho intramolecular Hbond substituents is 1. The van der Waals surface area contributed by atoms with E-state index in [9.17, 15) is 9.90 Å². The molecule has 1 aliphatic heterocycles. The molecule has 0 bridgehead atoms. The van der Waals surface area contributed by atoms with Crippen LogP contribution < -0.4 is 15.5 Å². The van der Waals surface area contributed by atoms with Crippen LogP contribution in [-0.2, 0) is 4.79 Å². The predicted molar refractivity (Wildman–Crippen MR) is 160 cm³/mol. The highest BCUT2D eigenvalue weighted by Crippen LogP contribution is 2.45. The van der Waals surface area contributed by atoms with Gasteiger partial charge in [-0.25, -0.2) is 0 Å². The number of carbonyl (C=O) groups is 1. The highest BCUT2D eigenvalue weighted by atomic mass is 35.5. The number of hydrogen-bond donors (Lipinski definition) is 3. The van der Waals surface area contributed by atoms with Crippen molar-refractivity contribution < 1.29 is 9.90 Å². The van der Waals surface area contributed by atoms with Crippen LogP contribution >= 0.6 is 23.8 Å². The van der Waals surface area contributed by atoms with Gasteiger partial charge in [0.2, 0.25) is 5.91 Å². The van der Waals surface area contributed by atoms with Crippen LogP contribution in [0.1, 0.15) is 48.6 Å². The Hall–Kier alpha value is -3.88. The number of aromatic hydroxyl groups is 1. The summed E-state index contributed by atoms with van der Waals surface area (Å²) in [7, 11) is 0. The molecule has 1 saturated heterocycles. The van der Waals surface area contributed by atoms with Crippen LogP contribution in [0.2, 0.25) is 5.02 Å². The van der Waals surface area contributed by atoms with Gasteiger partial charge in [-0.15, -0.1) is 0 Å². The maximum atomic E-state index is 12.3. The van der Waals surface area contributed by atoms with Crippen LogP contribution in [0, 0.1) is 19.8 Å². The standard InChI is InChI=1S/C30H30ClN5O2S/c1-17(2)29(38)33-23-13-12-20(16-22(23)31)36-28(27(34-30(36)39)24-9-7-8-14-32-24)21-15-18(3)35(19(21)4)25-10-5-6-11-26(25)37/h5-17,27-28,37H,1-4H3,(H,33,38)(H,34,39). The topological polar surface area (TPSA) is 82.4 Å². The first-order chi connectivity index (χ1) is 18.7. The number of hydrogen-bond acceptors (Lipinski definition) is 4. The Morgan fingerprint density at radius 1 is 1.10 bits per heavy atom. The highest BCUT2D eigenvalue weighted by Gasteiger charge is 2.42. The summed E-state index contributed by atoms with van der Waals surface area (Å²) < 4.78 is 2.05. The van der Waals surface area contributed by atoms with Crippen LogP contribution in [-0.4, -0.2) is 25.7 Å². The van der Waals surface area contributed by atoms with Crippen LogP contribution in [0.3, 0.4) is 0 Å². The van der Waals surface area contributed by atoms with E-state index < -0.39 is 0 Å². The number of pyridine rings is 1. The Bertz CT molecular complexity index is 1550. The summed E-state index contributed by atoms with van der Waals surface area (Å²) in [5.41, 5.74) is 5.89. The third-order valence-electron chi connectivity index (χ3n) is 7.02. The summed E-state index contributed by atoms with van der Waals surface area (Å²) >= 11 is 12.5. The molecule has 2 unspecified atom stereocenters. The number of amides is 1. The Balaban J connectivity index is 1.63. The number of nitrogens with one attached hydrogen (secondary N) is 2. The van der Waals surface area contributed by atoms with E-state index in [0.29, 0.717) is 21.5 Å². The van der Waals surface area contributed by atoms with Gasteiger partial charge in [0, 0.05) is 29.2 Å². The maximum absolute atomic E-state index is 12.3. The van der Waals surface area contributed by atoms with Gasteiger partial charge in [0.15, 0.2) is 5.11 Å². The number of thiocarbonyl (C=S) groups is 1. The number of aromatic nitrogens is 2. The number of rotatable bonds is 6. The fourth-order valence-electron chi connectivity index (χ4n) is 5.09. The molecule has 9 heteroatoms. The van der Waals surface area contributed by atoms with Gasteiger partial charge in [-0.2, -0.15) is 0 Å². The van der Waals surface area contributed by atoms with Gasteiger partial charge in [-0.05, 0) is 80.2 Å². The van der Waals surface area contributed by atoms with E-state index in [1.165, 1.54) is 0 Å². The highest BCUT2D eigenvalue weighted by molar-refractivity contribution is 7.80. The predicted octanol–water partition coefficient (Wildman–Crippen LogP) is 6.62. The summed E-state index contributed by atoms with van der Waals surface area (Å²) in [6, 6.07) is 20.3. The quantitative estimate of drug-likeness (QED) is 0.230. The summed E-state index contributed by atoms with van der Waals surface area (Å²) in [6.45, 7) is 7.73. The lowest BCUT2D eigenvalue weighted by molar-refractivity contribution is -0.118. The van der Waals surface area contributed by atoms with E-state index in [-0.39, 0.29) is 29.7 Å². The number of aryl methyl sites for hydroxylation is 1. The van der Waals surface area contributed by atoms with E-state index in [4.69, 9.17) is 23.8 Å². The summed E-state index contributed by atoms with van der Waals surface area (Å²) in [5.74, 6) is -0.0681. The molecule has 5 rings (SSSR count). The fraction of sp³-hybridized carbons (Fsp3) is 0.233. The molecule has 0 spiro atoms. The number of nitrogens with zero attached hydrogens (tertiary/aromatic N) is 3. The third-order valence-corrected chi connectivity index (χ3v) is 7.65. The summed E-state index contributed by atoms with van der Waals surface area (Å²) in [4.78, 5) is 19.0. The van der Waals surface area contributed by atoms with Crippen LogP contribution in [0.5, 0.6) is 5.75 Å². The van der Waals surface area contributed by atoms with Crippen molar-refractivity contribution in [3.8, 4) is 11.4 Å². The molecule has 0 radical (unpaired) electrons. The lowest BCUT2D eigenvalue weighted by Crippen LogP contribution is -2.29. The molecule has 3 heterocycles. The van der Waals surface area contributed by atoms with E-state index in [1.54, 1.807) is 18.3 Å². The Morgan fingerprint density at radius 2 is 1.85 bits per heavy atom. The van der Waals surface area contributed by atoms with E-state index in [2.05, 4.69) is 26.3 Å². The largest absolute Gasteiger partial charge is 0.506 e. The summed E-state index contributed by atoms with van der Waals surface area (Å²) in [6.07, 6.45) is 1.77. The van der Waals surface area contributed by atoms with Gasteiger partial charge < -0.3 is 25.2 Å². The monoisotopic (exact) mass is 559 g/mol. The van der Waals surface area contributed by atoms with Crippen molar-refractivity contribution in [2.75, 3.05) is 10.2 Å². The Labute approximate surface area is 238 Å². The molecule has 2 aromatic heterocycles. The fourth-order valence-corrected chi connectivity index (χ4v) is 5.66. The number of carbonyl (C=O) groups excluding carboxylic acids is 1. The van der Waals surface area contributed by atoms with Gasteiger partial charge in [-0.3, -0.25) is 9.78 Å². The molecule has 3 N–H and O–H groups in total. The smallest absolute Gasteiger partial charge is 0.226 e. The number of anilines is 2. The molecule has 1 fully saturated rings. The minimum absolute atomic E-state index is 0.104. The Kier molecular flexibility index (Phi) is 7.34. The molecule has 200 valence electrons. The van der Waals surface area contributed by atoms with Crippen molar-refractivity contribution in [1.82, 2.24) is 14.9 Å². The Morgan fingerprint density at radius 3 is 2.51 bits per heavy atom. The number of benzene rings is 2. The second kappa shape index (κ2) is 10.7. The van der Waals surface area contributed by atoms with Crippen molar-refractivity contribution in [2.45, 2.75) is 39.8 Å². The van der Waals surface area contributed by atoms with Gasteiger partial charge in [-0.1, -0.05) is 43.6 Å². The zero-order valence-corrected chi connectivity index (χ0v) is 23.7. The summed E-state index contributed by atoms with van der Waals surface area (Å²) in [5, 5.41) is 17.9. The first-order valence-corrected chi connectivity index (χ1v) is 13.5. The zero-order valence-electron chi connectivity index (χ0n) is 22.1. The van der Waals surface area contributed by atoms with Gasteiger partial charge in [0.1, 0.15) is 5.75 Å². The maximum Gasteiger partial charge on any atom is 0.226 e. The molecule has 1 amide bonds. The van der Waals surface area contributed by atoms with Gasteiger partial charge in [0.25, 0.3) is 0 Å². The SMILES string of the molecule is Cc1cc(C2C(c3ccccn3)NC(=S)N2c2ccc(NC(=O)C(C)C)c(Cl)c2)c(C)n1-c1ccccc1O. The first-order valence-electron chi connectivity index (χ1n) is 12.8. The molecule has 39 heavy (non-hydrogen) atoms. The van der Waals surface area contributed by atoms with Crippen LogP contribution in [0.15, 0.2) is 72.9 Å². The van der Waals surface area contributed by atoms with Crippen molar-refractivity contribution in [3.63, 3.8) is 0 Å². The lowest BCUT2D eigenvalue weighted by atomic mass is 9.96. The molecule has 2 atom stereocenters. The van der Waals surface area contributed by atoms with Crippen molar-refractivity contribution in [3.05, 3.63) is 101 Å². The van der Waals surface area contributed by atoms with Crippen molar-refractivity contribution in [2.24, 2.45) is 5.92 Å². The molecule has 0 aliphatic carbocycles. The van der Waals surface area contributed by atoms with Crippen molar-refractivity contribution >= 4 is 46.2 Å². The van der Waals surface area contributed by atoms with Gasteiger partial charge in [0.05, 0.1) is 34.2 Å². The van der Waals surface area contributed by atoms with Gasteiger partial charge >= 0.3 is 0 Å². The average molecular weight is 560 g/mol. The second-order valence-corrected chi connectivity index (χ2v) is 10.7. The molecule has 7 nitrogen and oxygen atoms in total. The normalized spacial score (nSPS) is 17.0. The second-order valence-electron chi connectivity index (χ2n) is 9.96. The molecule has 1 aliphatic rings. The van der Waals surface area contributed by atoms with E-state index >= 15 is 0 Å². The number of phenols is 1. The minimum Gasteiger partial charge on any atom is -0.506 e. The first kappa shape index (κ1) is 26.7. The minimum atomic E-state index is -0.259. The van der Waals surface area contributed by atoms with Crippen LogP contribution in [0.4, 0.5) is 11.4 Å². The lowest BCUT2D eigenvalue weighted by Gasteiger charge is -2.28. The van der Waals surface area contributed by atoms with Crippen LogP contribution in [0.25, 0.3) is 5.69 Å². The molecule has 0 saturated carbocycles. The van der Waals surface area contributed by atoms with E-state index in [0.717, 1.165) is 28.3 Å². The average Bonchev–Trinajstić information content (AvgIpc) is 3.41. The molecule has 2 aromatic carbocycles. The van der Waals surface area contributed by atoms with Crippen molar-refractivity contribution in [1.29, 1.82) is 0 Å². The third kappa shape index (κ3) is 4.97. The molecular weight excluding hydrogens is 530 g/mol.